The van der Waals surface area contributed by atoms with Gasteiger partial charge in [-0.2, -0.15) is 4.98 Å². The lowest BCUT2D eigenvalue weighted by Crippen LogP contribution is -2.45. The maximum atomic E-state index is 14.2. The van der Waals surface area contributed by atoms with Crippen LogP contribution in [0.25, 0.3) is 0 Å². The lowest BCUT2D eigenvalue weighted by atomic mass is 10.1. The predicted molar refractivity (Wildman–Crippen MR) is 120 cm³/mol. The molecule has 0 saturated heterocycles. The minimum atomic E-state index is -0.799. The van der Waals surface area contributed by atoms with E-state index in [1.165, 1.54) is 30.9 Å². The Morgan fingerprint density at radius 2 is 1.76 bits per heavy atom. The lowest BCUT2D eigenvalue weighted by Gasteiger charge is -2.16. The molecule has 2 aromatic carbocycles. The Morgan fingerprint density at radius 1 is 1.09 bits per heavy atom. The molecule has 1 aromatic heterocycles. The highest BCUT2D eigenvalue weighted by molar-refractivity contribution is 6.30. The van der Waals surface area contributed by atoms with Crippen molar-refractivity contribution in [3.8, 4) is 5.75 Å². The third kappa shape index (κ3) is 5.67. The van der Waals surface area contributed by atoms with E-state index in [2.05, 4.69) is 4.98 Å². The Morgan fingerprint density at radius 3 is 2.36 bits per heavy atom. The van der Waals surface area contributed by atoms with E-state index in [0.29, 0.717) is 10.6 Å². The van der Waals surface area contributed by atoms with Gasteiger partial charge in [0.1, 0.15) is 5.82 Å². The van der Waals surface area contributed by atoms with Crippen LogP contribution in [0.2, 0.25) is 5.02 Å². The molecule has 0 saturated carbocycles. The number of hydrogen-bond donors (Lipinski definition) is 0. The SMILES string of the molecule is COC(=O)C(C)Cn1c(=O)nc(Cc2ccc(OC)c(F)c2)n(Cc2ccc(Cl)cc2)c1=O. The Balaban J connectivity index is 2.07. The largest absolute Gasteiger partial charge is 0.494 e. The maximum Gasteiger partial charge on any atom is 0.353 e. The molecule has 0 aliphatic rings. The van der Waals surface area contributed by atoms with Crippen molar-refractivity contribution < 1.29 is 18.7 Å². The number of methoxy groups -OCH3 is 2. The molecule has 0 aliphatic heterocycles. The zero-order valence-electron chi connectivity index (χ0n) is 18.4. The summed E-state index contributed by atoms with van der Waals surface area (Å²) in [4.78, 5) is 41.9. The van der Waals surface area contributed by atoms with Crippen LogP contribution in [0, 0.1) is 11.7 Å². The van der Waals surface area contributed by atoms with Crippen molar-refractivity contribution in [2.75, 3.05) is 14.2 Å². The zero-order chi connectivity index (χ0) is 24.1. The fourth-order valence-corrected chi connectivity index (χ4v) is 3.47. The van der Waals surface area contributed by atoms with Crippen LogP contribution >= 0.6 is 11.6 Å². The summed E-state index contributed by atoms with van der Waals surface area (Å²) in [5.41, 5.74) is -0.182. The maximum absolute atomic E-state index is 14.2. The summed E-state index contributed by atoms with van der Waals surface area (Å²) in [5, 5.41) is 0.537. The van der Waals surface area contributed by atoms with Gasteiger partial charge in [-0.3, -0.25) is 9.36 Å². The second kappa shape index (κ2) is 10.4. The van der Waals surface area contributed by atoms with E-state index in [9.17, 15) is 18.8 Å². The van der Waals surface area contributed by atoms with Crippen molar-refractivity contribution in [2.45, 2.75) is 26.4 Å². The van der Waals surface area contributed by atoms with Gasteiger partial charge in [0.05, 0.1) is 26.7 Å². The van der Waals surface area contributed by atoms with Gasteiger partial charge >= 0.3 is 17.3 Å². The summed E-state index contributed by atoms with van der Waals surface area (Å²) in [6.07, 6.45) is 0.0341. The molecule has 1 heterocycles. The molecule has 1 unspecified atom stereocenters. The van der Waals surface area contributed by atoms with Gasteiger partial charge < -0.3 is 9.47 Å². The average molecular weight is 476 g/mol. The lowest BCUT2D eigenvalue weighted by molar-refractivity contribution is -0.145. The van der Waals surface area contributed by atoms with Crippen LogP contribution in [0.4, 0.5) is 4.39 Å². The van der Waals surface area contributed by atoms with Crippen molar-refractivity contribution >= 4 is 17.6 Å². The van der Waals surface area contributed by atoms with E-state index >= 15 is 0 Å². The predicted octanol–water partition coefficient (Wildman–Crippen LogP) is 2.65. The van der Waals surface area contributed by atoms with Gasteiger partial charge in [0, 0.05) is 18.0 Å². The highest BCUT2D eigenvalue weighted by atomic mass is 35.5. The van der Waals surface area contributed by atoms with E-state index in [-0.39, 0.29) is 31.1 Å². The monoisotopic (exact) mass is 475 g/mol. The first-order valence-corrected chi connectivity index (χ1v) is 10.5. The van der Waals surface area contributed by atoms with Crippen molar-refractivity contribution in [2.24, 2.45) is 5.92 Å². The smallest absolute Gasteiger partial charge is 0.353 e. The molecule has 10 heteroatoms. The first-order chi connectivity index (χ1) is 15.7. The normalized spacial score (nSPS) is 11.8. The number of rotatable bonds is 8. The molecule has 1 atom stereocenters. The van der Waals surface area contributed by atoms with Gasteiger partial charge in [0.25, 0.3) is 0 Å². The van der Waals surface area contributed by atoms with Crippen molar-refractivity contribution in [3.63, 3.8) is 0 Å². The highest BCUT2D eigenvalue weighted by Crippen LogP contribution is 2.19. The van der Waals surface area contributed by atoms with Gasteiger partial charge in [-0.1, -0.05) is 36.7 Å². The quantitative estimate of drug-likeness (QED) is 0.465. The van der Waals surface area contributed by atoms with Gasteiger partial charge in [-0.05, 0) is 35.4 Å². The minimum absolute atomic E-state index is 0.0341. The van der Waals surface area contributed by atoms with Crippen LogP contribution in [0.15, 0.2) is 52.1 Å². The number of carbonyl (C=O) groups is 1. The number of carbonyl (C=O) groups excluding carboxylic acids is 1. The van der Waals surface area contributed by atoms with Gasteiger partial charge in [0.15, 0.2) is 11.6 Å². The Bertz CT molecular complexity index is 1270. The molecule has 3 aromatic rings. The molecule has 33 heavy (non-hydrogen) atoms. The number of ether oxygens (including phenoxy) is 2. The molecule has 3 rings (SSSR count). The summed E-state index contributed by atoms with van der Waals surface area (Å²) in [5.74, 6) is -1.61. The van der Waals surface area contributed by atoms with Crippen molar-refractivity contribution in [1.82, 2.24) is 14.1 Å². The van der Waals surface area contributed by atoms with E-state index in [1.807, 2.05) is 0 Å². The molecular formula is C23H23ClFN3O5. The first-order valence-electron chi connectivity index (χ1n) is 10.1. The van der Waals surface area contributed by atoms with Crippen LogP contribution in [0.3, 0.4) is 0 Å². The Hall–Kier alpha value is -3.46. The zero-order valence-corrected chi connectivity index (χ0v) is 19.1. The van der Waals surface area contributed by atoms with Crippen LogP contribution in [-0.4, -0.2) is 34.3 Å². The topological polar surface area (TPSA) is 92.4 Å². The van der Waals surface area contributed by atoms with E-state index in [1.54, 1.807) is 37.3 Å². The Kier molecular flexibility index (Phi) is 7.65. The summed E-state index contributed by atoms with van der Waals surface area (Å²) < 4.78 is 26.0. The van der Waals surface area contributed by atoms with Crippen molar-refractivity contribution in [3.05, 3.63) is 91.2 Å². The summed E-state index contributed by atoms with van der Waals surface area (Å²) >= 11 is 5.95. The third-order valence-corrected chi connectivity index (χ3v) is 5.37. The summed E-state index contributed by atoms with van der Waals surface area (Å²) in [6.45, 7) is 1.47. The second-order valence-electron chi connectivity index (χ2n) is 7.49. The molecule has 0 amide bonds. The molecule has 0 bridgehead atoms. The van der Waals surface area contributed by atoms with Crippen LogP contribution < -0.4 is 16.1 Å². The molecule has 0 N–H and O–H groups in total. The molecule has 174 valence electrons. The second-order valence-corrected chi connectivity index (χ2v) is 7.92. The van der Waals surface area contributed by atoms with Crippen LogP contribution in [0.5, 0.6) is 5.75 Å². The highest BCUT2D eigenvalue weighted by Gasteiger charge is 2.20. The first kappa shape index (κ1) is 24.2. The van der Waals surface area contributed by atoms with E-state index in [0.717, 1.165) is 10.1 Å². The number of benzene rings is 2. The number of aromatic nitrogens is 3. The standard InChI is InChI=1S/C23H23ClFN3O5/c1-14(21(29)33-3)12-28-22(30)26-20(11-16-6-9-19(32-2)18(25)10-16)27(23(28)31)13-15-4-7-17(24)8-5-15/h4-10,14H,11-13H2,1-3H3. The van der Waals surface area contributed by atoms with Crippen LogP contribution in [0.1, 0.15) is 23.9 Å². The molecule has 0 radical (unpaired) electrons. The summed E-state index contributed by atoms with van der Waals surface area (Å²) in [7, 11) is 2.59. The molecular weight excluding hydrogens is 453 g/mol. The van der Waals surface area contributed by atoms with E-state index < -0.39 is 29.1 Å². The minimum Gasteiger partial charge on any atom is -0.494 e. The Labute approximate surface area is 194 Å². The molecule has 0 spiro atoms. The molecule has 8 nitrogen and oxygen atoms in total. The number of nitrogens with zero attached hydrogens (tertiary/aromatic N) is 3. The van der Waals surface area contributed by atoms with E-state index in [4.69, 9.17) is 21.1 Å². The van der Waals surface area contributed by atoms with Crippen LogP contribution in [-0.2, 0) is 29.0 Å². The third-order valence-electron chi connectivity index (χ3n) is 5.12. The fraction of sp³-hybridized carbons (Fsp3) is 0.304. The van der Waals surface area contributed by atoms with Crippen molar-refractivity contribution in [1.29, 1.82) is 0 Å². The van der Waals surface area contributed by atoms with Gasteiger partial charge in [-0.15, -0.1) is 0 Å². The molecule has 0 fully saturated rings. The number of hydrogen-bond acceptors (Lipinski definition) is 6. The number of halogens is 2. The van der Waals surface area contributed by atoms with Gasteiger partial charge in [0.2, 0.25) is 0 Å². The number of esters is 1. The van der Waals surface area contributed by atoms with Gasteiger partial charge in [-0.25, -0.2) is 18.5 Å². The summed E-state index contributed by atoms with van der Waals surface area (Å²) in [6, 6.07) is 11.2. The average Bonchev–Trinajstić information content (AvgIpc) is 2.79. The molecule has 0 aliphatic carbocycles. The fourth-order valence-electron chi connectivity index (χ4n) is 3.34.